The Morgan fingerprint density at radius 2 is 1.73 bits per heavy atom. The molecule has 2 aromatic carbocycles. The summed E-state index contributed by atoms with van der Waals surface area (Å²) in [6.07, 6.45) is -12.7. The van der Waals surface area contributed by atoms with Crippen molar-refractivity contribution in [1.29, 1.82) is 0 Å². The van der Waals surface area contributed by atoms with Crippen molar-refractivity contribution >= 4 is 13.8 Å². The highest BCUT2D eigenvalue weighted by molar-refractivity contribution is 7.46. The third kappa shape index (κ3) is 7.05. The van der Waals surface area contributed by atoms with Crippen LogP contribution in [0.2, 0.25) is 0 Å². The van der Waals surface area contributed by atoms with Crippen molar-refractivity contribution in [3.8, 4) is 0 Å². The molecular formula is C23H22F7N4O6P. The van der Waals surface area contributed by atoms with E-state index in [1.165, 1.54) is 25.4 Å². The van der Waals surface area contributed by atoms with Gasteiger partial charge in [0.05, 0.1) is 24.3 Å². The van der Waals surface area contributed by atoms with Crippen LogP contribution in [0.25, 0.3) is 0 Å². The largest absolute Gasteiger partial charge is 0.469 e. The Labute approximate surface area is 227 Å². The number of hydrogen-bond donors (Lipinski definition) is 3. The number of anilines is 1. The average molecular weight is 614 g/mol. The molecule has 3 aromatic rings. The van der Waals surface area contributed by atoms with Gasteiger partial charge >= 0.3 is 20.2 Å². The second-order valence-corrected chi connectivity index (χ2v) is 10.3. The number of nitrogens with zero attached hydrogens (tertiary/aromatic N) is 3. The lowest BCUT2D eigenvalue weighted by molar-refractivity contribution is -0.225. The van der Waals surface area contributed by atoms with E-state index in [2.05, 4.69) is 19.7 Å². The lowest BCUT2D eigenvalue weighted by atomic mass is 9.87. The van der Waals surface area contributed by atoms with Crippen molar-refractivity contribution in [3.05, 3.63) is 76.9 Å². The number of hydrogen-bond acceptors (Lipinski definition) is 7. The number of nitrogens with one attached hydrogen (secondary N) is 1. The maximum atomic E-state index is 13.8. The van der Waals surface area contributed by atoms with Crippen LogP contribution < -0.4 is 4.90 Å². The molecule has 0 bridgehead atoms. The third-order valence-corrected chi connectivity index (χ3v) is 6.84. The molecule has 1 fully saturated rings. The topological polar surface area (TPSA) is 130 Å². The second-order valence-electron chi connectivity index (χ2n) is 9.07. The van der Waals surface area contributed by atoms with Crippen molar-refractivity contribution < 1.29 is 59.1 Å². The second kappa shape index (κ2) is 11.3. The summed E-state index contributed by atoms with van der Waals surface area (Å²) >= 11 is 0. The van der Waals surface area contributed by atoms with Crippen molar-refractivity contribution in [3.63, 3.8) is 0 Å². The van der Waals surface area contributed by atoms with E-state index in [9.17, 15) is 45.1 Å². The lowest BCUT2D eigenvalue weighted by Gasteiger charge is -2.50. The number of benzene rings is 2. The van der Waals surface area contributed by atoms with E-state index in [1.54, 1.807) is 4.90 Å². The minimum Gasteiger partial charge on any atom is -0.348 e. The Morgan fingerprint density at radius 1 is 1.12 bits per heavy atom. The summed E-state index contributed by atoms with van der Waals surface area (Å²) < 4.78 is 123. The molecule has 3 N–H and O–H groups in total. The molecule has 1 aliphatic heterocycles. The quantitative estimate of drug-likeness (QED) is 0.239. The highest BCUT2D eigenvalue weighted by atomic mass is 31.2. The van der Waals surface area contributed by atoms with Gasteiger partial charge in [0.2, 0.25) is 5.95 Å². The van der Waals surface area contributed by atoms with Crippen LogP contribution in [-0.2, 0) is 36.5 Å². The normalized spacial score (nSPS) is 21.2. The molecule has 0 saturated carbocycles. The van der Waals surface area contributed by atoms with Crippen LogP contribution in [0.4, 0.5) is 36.7 Å². The number of aromatic nitrogens is 3. The summed E-state index contributed by atoms with van der Waals surface area (Å²) in [6, 6.07) is 5.55. The highest BCUT2D eigenvalue weighted by Gasteiger charge is 2.49. The van der Waals surface area contributed by atoms with Crippen molar-refractivity contribution in [2.45, 2.75) is 37.2 Å². The van der Waals surface area contributed by atoms with Crippen LogP contribution in [0.1, 0.15) is 35.3 Å². The van der Waals surface area contributed by atoms with Gasteiger partial charge in [0, 0.05) is 6.54 Å². The Morgan fingerprint density at radius 3 is 2.24 bits per heavy atom. The number of H-pyrrole nitrogens is 1. The van der Waals surface area contributed by atoms with Crippen LogP contribution in [0.5, 0.6) is 0 Å². The average Bonchev–Trinajstić information content (AvgIpc) is 3.40. The first-order valence-electron chi connectivity index (χ1n) is 11.6. The van der Waals surface area contributed by atoms with Gasteiger partial charge in [-0.3, -0.25) is 4.52 Å². The van der Waals surface area contributed by atoms with Crippen LogP contribution in [0.15, 0.2) is 48.8 Å². The van der Waals surface area contributed by atoms with E-state index < -0.39 is 67.2 Å². The van der Waals surface area contributed by atoms with Gasteiger partial charge in [-0.25, -0.2) is 14.1 Å². The van der Waals surface area contributed by atoms with Crippen LogP contribution in [0.3, 0.4) is 0 Å². The van der Waals surface area contributed by atoms with Crippen molar-refractivity contribution in [2.75, 3.05) is 24.7 Å². The summed E-state index contributed by atoms with van der Waals surface area (Å²) in [4.78, 5) is 24.2. The molecule has 1 aliphatic rings. The number of alkyl halides is 6. The molecule has 0 radical (unpaired) electrons. The summed E-state index contributed by atoms with van der Waals surface area (Å²) in [5.41, 5.74) is -5.26. The fourth-order valence-electron chi connectivity index (χ4n) is 4.37. The summed E-state index contributed by atoms with van der Waals surface area (Å²) in [6.45, 7) is 0.407. The zero-order chi connectivity index (χ0) is 30.2. The van der Waals surface area contributed by atoms with E-state index in [0.717, 1.165) is 12.1 Å². The first-order chi connectivity index (χ1) is 19.0. The standard InChI is InChI=1S/C23H22F7N4O6P/c1-21(14-2-4-17(24)5-3-14)19(38-7-6-34(21)20-31-12-32-33-20)40-18(11-39-41(35,36)37)13-8-15(22(25,26)27)10-16(9-13)23(28,29)30/h2-5,8-10,12,18-19H,6-7,11H2,1H3,(H,31,32,33)(H2,35,36,37)/t18-,19?,21+/m1/s1. The Hall–Kier alpha value is -3.08. The molecular weight excluding hydrogens is 592 g/mol. The maximum Gasteiger partial charge on any atom is 0.469 e. The molecule has 2 heterocycles. The molecule has 18 heteroatoms. The van der Waals surface area contributed by atoms with Crippen molar-refractivity contribution in [1.82, 2.24) is 15.2 Å². The van der Waals surface area contributed by atoms with Crippen LogP contribution in [0, 0.1) is 5.82 Å². The summed E-state index contributed by atoms with van der Waals surface area (Å²) in [7, 11) is -5.27. The van der Waals surface area contributed by atoms with Gasteiger partial charge in [-0.05, 0) is 48.4 Å². The SMILES string of the molecule is C[C@]1(c2ccc(F)cc2)C(O[C@H](COP(=O)(O)O)c2cc(C(F)(F)F)cc(C(F)(F)F)c2)OCCN1c1ncn[nH]1. The number of phosphoric acid groups is 1. The zero-order valence-electron chi connectivity index (χ0n) is 20.9. The number of morpholine rings is 1. The molecule has 224 valence electrons. The van der Waals surface area contributed by atoms with Crippen LogP contribution >= 0.6 is 7.82 Å². The highest BCUT2D eigenvalue weighted by Crippen LogP contribution is 2.44. The summed E-state index contributed by atoms with van der Waals surface area (Å²) in [5, 5.41) is 6.43. The van der Waals surface area contributed by atoms with E-state index in [0.29, 0.717) is 17.7 Å². The third-order valence-electron chi connectivity index (χ3n) is 6.35. The minimum atomic E-state index is -5.27. The first kappa shape index (κ1) is 30.9. The number of phosphoric ester groups is 1. The predicted octanol–water partition coefficient (Wildman–Crippen LogP) is 4.93. The monoisotopic (exact) mass is 614 g/mol. The van der Waals surface area contributed by atoms with Gasteiger partial charge in [-0.1, -0.05) is 12.1 Å². The predicted molar refractivity (Wildman–Crippen MR) is 125 cm³/mol. The minimum absolute atomic E-state index is 0.0926. The van der Waals surface area contributed by atoms with E-state index >= 15 is 0 Å². The number of ether oxygens (including phenoxy) is 2. The zero-order valence-corrected chi connectivity index (χ0v) is 21.8. The fraction of sp³-hybridized carbons (Fsp3) is 0.391. The van der Waals surface area contributed by atoms with Gasteiger partial charge in [-0.15, -0.1) is 0 Å². The molecule has 1 unspecified atom stereocenters. The first-order valence-corrected chi connectivity index (χ1v) is 13.2. The molecule has 10 nitrogen and oxygen atoms in total. The number of aromatic amines is 1. The molecule has 41 heavy (non-hydrogen) atoms. The van der Waals surface area contributed by atoms with E-state index in [1.807, 2.05) is 0 Å². The number of halogens is 7. The maximum absolute atomic E-state index is 13.8. The van der Waals surface area contributed by atoms with Gasteiger partial charge < -0.3 is 24.2 Å². The van der Waals surface area contributed by atoms with E-state index in [-0.39, 0.29) is 25.2 Å². The number of rotatable bonds is 8. The Kier molecular flexibility index (Phi) is 8.51. The van der Waals surface area contributed by atoms with E-state index in [4.69, 9.17) is 9.47 Å². The van der Waals surface area contributed by atoms with Crippen LogP contribution in [-0.4, -0.2) is 51.0 Å². The Balaban J connectivity index is 1.83. The summed E-state index contributed by atoms with van der Waals surface area (Å²) in [5.74, 6) is -0.426. The van der Waals surface area contributed by atoms with Gasteiger partial charge in [0.25, 0.3) is 0 Å². The molecule has 0 spiro atoms. The van der Waals surface area contributed by atoms with Gasteiger partial charge in [0.1, 0.15) is 23.8 Å². The van der Waals surface area contributed by atoms with Gasteiger partial charge in [0.15, 0.2) is 6.29 Å². The fourth-order valence-corrected chi connectivity index (χ4v) is 4.70. The molecule has 0 amide bonds. The molecule has 1 saturated heterocycles. The van der Waals surface area contributed by atoms with Gasteiger partial charge in [-0.2, -0.15) is 36.4 Å². The van der Waals surface area contributed by atoms with Crippen molar-refractivity contribution in [2.24, 2.45) is 0 Å². The lowest BCUT2D eigenvalue weighted by Crippen LogP contribution is -2.60. The Bertz CT molecular complexity index is 1350. The molecule has 3 atom stereocenters. The smallest absolute Gasteiger partial charge is 0.348 e. The molecule has 4 rings (SSSR count). The molecule has 0 aliphatic carbocycles. The molecule has 1 aromatic heterocycles.